The Kier molecular flexibility index (Phi) is 6.56. The van der Waals surface area contributed by atoms with Crippen molar-refractivity contribution in [1.82, 2.24) is 20.4 Å². The van der Waals surface area contributed by atoms with Crippen molar-refractivity contribution in [3.63, 3.8) is 0 Å². The van der Waals surface area contributed by atoms with Crippen molar-refractivity contribution in [2.24, 2.45) is 0 Å². The van der Waals surface area contributed by atoms with E-state index >= 15 is 0 Å². The Morgan fingerprint density at radius 3 is 2.76 bits per heavy atom. The van der Waals surface area contributed by atoms with Gasteiger partial charge in [-0.15, -0.1) is 0 Å². The number of methoxy groups -OCH3 is 1. The molecule has 2 rings (SSSR count). The summed E-state index contributed by atoms with van der Waals surface area (Å²) in [7, 11) is 1.62. The van der Waals surface area contributed by atoms with Gasteiger partial charge in [0.25, 0.3) is 5.91 Å². The summed E-state index contributed by atoms with van der Waals surface area (Å²) in [6.45, 7) is 4.77. The molecule has 1 aromatic carbocycles. The number of aromatic nitrogens is 2. The van der Waals surface area contributed by atoms with E-state index in [0.29, 0.717) is 25.2 Å². The molecule has 0 bridgehead atoms. The molecular weight excluding hydrogens is 320 g/mol. The second-order valence-corrected chi connectivity index (χ2v) is 5.62. The molecule has 2 aromatic rings. The number of ether oxygens (including phenoxy) is 1. The van der Waals surface area contributed by atoms with Gasteiger partial charge in [-0.1, -0.05) is 12.1 Å². The first-order valence-electron chi connectivity index (χ1n) is 8.25. The summed E-state index contributed by atoms with van der Waals surface area (Å²) in [4.78, 5) is 24.0. The first-order valence-corrected chi connectivity index (χ1v) is 8.25. The largest absolute Gasteiger partial charge is 0.497 e. The number of carbonyl (C=O) groups is 2. The van der Waals surface area contributed by atoms with Crippen LogP contribution in [0, 0.1) is 6.92 Å². The van der Waals surface area contributed by atoms with Gasteiger partial charge in [0.15, 0.2) is 0 Å². The quantitative estimate of drug-likeness (QED) is 0.756. The van der Waals surface area contributed by atoms with E-state index in [-0.39, 0.29) is 18.4 Å². The molecule has 0 fully saturated rings. The zero-order valence-electron chi connectivity index (χ0n) is 14.8. The van der Waals surface area contributed by atoms with Gasteiger partial charge < -0.3 is 15.4 Å². The van der Waals surface area contributed by atoms with Crippen LogP contribution in [0.3, 0.4) is 0 Å². The Balaban J connectivity index is 1.75. The third kappa shape index (κ3) is 5.34. The third-order valence-electron chi connectivity index (χ3n) is 3.71. The average Bonchev–Trinajstić information content (AvgIpc) is 3.01. The second kappa shape index (κ2) is 8.86. The number of carbonyl (C=O) groups excluding carboxylic acids is 2. The van der Waals surface area contributed by atoms with Gasteiger partial charge in [-0.3, -0.25) is 14.3 Å². The summed E-state index contributed by atoms with van der Waals surface area (Å²) in [5.41, 5.74) is 2.31. The van der Waals surface area contributed by atoms with Crippen molar-refractivity contribution in [2.75, 3.05) is 20.2 Å². The predicted molar refractivity (Wildman–Crippen MR) is 94.7 cm³/mol. The van der Waals surface area contributed by atoms with E-state index in [1.165, 1.54) is 0 Å². The number of nitrogens with zero attached hydrogens (tertiary/aromatic N) is 2. The summed E-state index contributed by atoms with van der Waals surface area (Å²) in [5, 5.41) is 9.63. The molecule has 0 aliphatic rings. The van der Waals surface area contributed by atoms with E-state index in [2.05, 4.69) is 15.7 Å². The number of aryl methyl sites for hydroxylation is 2. The Labute approximate surface area is 147 Å². The fourth-order valence-corrected chi connectivity index (χ4v) is 2.46. The lowest BCUT2D eigenvalue weighted by atomic mass is 10.1. The van der Waals surface area contributed by atoms with Crippen LogP contribution >= 0.6 is 0 Å². The number of hydrogen-bond acceptors (Lipinski definition) is 4. The molecular formula is C18H24N4O3. The minimum absolute atomic E-state index is 0.0646. The molecule has 0 saturated heterocycles. The van der Waals surface area contributed by atoms with Gasteiger partial charge in [0.1, 0.15) is 11.4 Å². The van der Waals surface area contributed by atoms with Crippen molar-refractivity contribution in [1.29, 1.82) is 0 Å². The molecule has 7 heteroatoms. The first-order chi connectivity index (χ1) is 12.0. The van der Waals surface area contributed by atoms with Crippen LogP contribution in [0.2, 0.25) is 0 Å². The Bertz CT molecular complexity index is 740. The SMILES string of the molecule is CCn1nc(C)cc1C(=O)NCC(=O)NCCc1cccc(OC)c1. The molecule has 134 valence electrons. The van der Waals surface area contributed by atoms with Crippen molar-refractivity contribution in [3.05, 3.63) is 47.3 Å². The predicted octanol–water partition coefficient (Wildman–Crippen LogP) is 1.31. The fourth-order valence-electron chi connectivity index (χ4n) is 2.46. The van der Waals surface area contributed by atoms with Crippen LogP contribution in [-0.2, 0) is 17.8 Å². The zero-order chi connectivity index (χ0) is 18.2. The van der Waals surface area contributed by atoms with Crippen LogP contribution in [0.25, 0.3) is 0 Å². The molecule has 2 amide bonds. The highest BCUT2D eigenvalue weighted by Gasteiger charge is 2.13. The Morgan fingerprint density at radius 1 is 1.24 bits per heavy atom. The highest BCUT2D eigenvalue weighted by atomic mass is 16.5. The van der Waals surface area contributed by atoms with Crippen molar-refractivity contribution in [3.8, 4) is 5.75 Å². The van der Waals surface area contributed by atoms with Crippen LogP contribution < -0.4 is 15.4 Å². The average molecular weight is 344 g/mol. The van der Waals surface area contributed by atoms with E-state index < -0.39 is 0 Å². The summed E-state index contributed by atoms with van der Waals surface area (Å²) in [5.74, 6) is 0.264. The molecule has 1 heterocycles. The van der Waals surface area contributed by atoms with Crippen molar-refractivity contribution < 1.29 is 14.3 Å². The van der Waals surface area contributed by atoms with E-state index in [0.717, 1.165) is 17.0 Å². The molecule has 7 nitrogen and oxygen atoms in total. The van der Waals surface area contributed by atoms with Crippen LogP contribution in [0.5, 0.6) is 5.75 Å². The molecule has 0 unspecified atom stereocenters. The normalized spacial score (nSPS) is 10.4. The topological polar surface area (TPSA) is 85.2 Å². The van der Waals surface area contributed by atoms with Gasteiger partial charge >= 0.3 is 0 Å². The highest BCUT2D eigenvalue weighted by molar-refractivity contribution is 5.95. The lowest BCUT2D eigenvalue weighted by Crippen LogP contribution is -2.38. The summed E-state index contributed by atoms with van der Waals surface area (Å²) < 4.78 is 6.78. The monoisotopic (exact) mass is 344 g/mol. The maximum atomic E-state index is 12.1. The number of benzene rings is 1. The maximum absolute atomic E-state index is 12.1. The van der Waals surface area contributed by atoms with E-state index in [1.54, 1.807) is 17.9 Å². The van der Waals surface area contributed by atoms with Gasteiger partial charge in [-0.05, 0) is 44.0 Å². The summed E-state index contributed by atoms with van der Waals surface area (Å²) in [6.07, 6.45) is 0.693. The van der Waals surface area contributed by atoms with Gasteiger partial charge in [0.2, 0.25) is 5.91 Å². The molecule has 2 N–H and O–H groups in total. The molecule has 0 radical (unpaired) electrons. The fraction of sp³-hybridized carbons (Fsp3) is 0.389. The summed E-state index contributed by atoms with van der Waals surface area (Å²) >= 11 is 0. The molecule has 0 atom stereocenters. The molecule has 1 aromatic heterocycles. The van der Waals surface area contributed by atoms with Crippen molar-refractivity contribution in [2.45, 2.75) is 26.8 Å². The first kappa shape index (κ1) is 18.5. The minimum Gasteiger partial charge on any atom is -0.497 e. The van der Waals surface area contributed by atoms with E-state index in [9.17, 15) is 9.59 Å². The van der Waals surface area contributed by atoms with Gasteiger partial charge in [-0.25, -0.2) is 0 Å². The van der Waals surface area contributed by atoms with Crippen LogP contribution in [-0.4, -0.2) is 41.8 Å². The second-order valence-electron chi connectivity index (χ2n) is 5.62. The van der Waals surface area contributed by atoms with E-state index in [4.69, 9.17) is 4.74 Å². The Morgan fingerprint density at radius 2 is 2.04 bits per heavy atom. The number of nitrogens with one attached hydrogen (secondary N) is 2. The molecule has 0 saturated carbocycles. The zero-order valence-corrected chi connectivity index (χ0v) is 14.8. The standard InChI is InChI=1S/C18H24N4O3/c1-4-22-16(10-13(2)21-22)18(24)20-12-17(23)19-9-8-14-6-5-7-15(11-14)25-3/h5-7,10-11H,4,8-9,12H2,1-3H3,(H,19,23)(H,20,24). The molecule has 25 heavy (non-hydrogen) atoms. The number of hydrogen-bond donors (Lipinski definition) is 2. The van der Waals surface area contributed by atoms with Gasteiger partial charge in [-0.2, -0.15) is 5.10 Å². The molecule has 0 spiro atoms. The van der Waals surface area contributed by atoms with E-state index in [1.807, 2.05) is 38.1 Å². The highest BCUT2D eigenvalue weighted by Crippen LogP contribution is 2.12. The third-order valence-corrected chi connectivity index (χ3v) is 3.71. The minimum atomic E-state index is -0.301. The van der Waals surface area contributed by atoms with Crippen LogP contribution in [0.15, 0.2) is 30.3 Å². The lowest BCUT2D eigenvalue weighted by Gasteiger charge is -2.08. The molecule has 0 aliphatic carbocycles. The van der Waals surface area contributed by atoms with Crippen LogP contribution in [0.4, 0.5) is 0 Å². The lowest BCUT2D eigenvalue weighted by molar-refractivity contribution is -0.120. The molecule has 0 aliphatic heterocycles. The van der Waals surface area contributed by atoms with Crippen molar-refractivity contribution >= 4 is 11.8 Å². The number of amides is 2. The Hall–Kier alpha value is -2.83. The van der Waals surface area contributed by atoms with Gasteiger partial charge in [0.05, 0.1) is 19.3 Å². The van der Waals surface area contributed by atoms with Crippen LogP contribution in [0.1, 0.15) is 28.7 Å². The summed E-state index contributed by atoms with van der Waals surface area (Å²) in [6, 6.07) is 9.40. The number of rotatable bonds is 8. The maximum Gasteiger partial charge on any atom is 0.269 e. The smallest absolute Gasteiger partial charge is 0.269 e. The van der Waals surface area contributed by atoms with Gasteiger partial charge in [0, 0.05) is 13.1 Å².